The van der Waals surface area contributed by atoms with Gasteiger partial charge in [0.2, 0.25) is 0 Å². The van der Waals surface area contributed by atoms with Crippen LogP contribution in [0.3, 0.4) is 0 Å². The van der Waals surface area contributed by atoms with Gasteiger partial charge in [-0.25, -0.2) is 0 Å². The molecule has 1 N–H and O–H groups in total. The van der Waals surface area contributed by atoms with E-state index in [-0.39, 0.29) is 0 Å². The largest absolute Gasteiger partial charge is 0.369 e. The van der Waals surface area contributed by atoms with Crippen molar-refractivity contribution in [3.05, 3.63) is 24.0 Å². The summed E-state index contributed by atoms with van der Waals surface area (Å²) in [5.74, 6) is 0. The first-order valence-electron chi connectivity index (χ1n) is 6.59. The fraction of sp³-hybridized carbons (Fsp3) is 0.643. The maximum absolute atomic E-state index is 4.38. The van der Waals surface area contributed by atoms with Gasteiger partial charge >= 0.3 is 0 Å². The molecule has 0 aliphatic carbocycles. The van der Waals surface area contributed by atoms with Gasteiger partial charge < -0.3 is 10.2 Å². The number of pyridine rings is 1. The van der Waals surface area contributed by atoms with Crippen LogP contribution in [0.15, 0.2) is 18.3 Å². The highest BCUT2D eigenvalue weighted by Crippen LogP contribution is 2.19. The molecule has 94 valence electrons. The molecule has 1 fully saturated rings. The normalized spacial score (nSPS) is 20.9. The summed E-state index contributed by atoms with van der Waals surface area (Å²) in [4.78, 5) is 6.82. The lowest BCUT2D eigenvalue weighted by atomic mass is 10.0. The Morgan fingerprint density at radius 1 is 1.41 bits per heavy atom. The van der Waals surface area contributed by atoms with E-state index < -0.39 is 0 Å². The number of anilines is 1. The zero-order valence-corrected chi connectivity index (χ0v) is 11.1. The minimum absolute atomic E-state index is 0.566. The van der Waals surface area contributed by atoms with Crippen molar-refractivity contribution in [2.75, 3.05) is 18.0 Å². The van der Waals surface area contributed by atoms with E-state index in [9.17, 15) is 0 Å². The van der Waals surface area contributed by atoms with E-state index >= 15 is 0 Å². The van der Waals surface area contributed by atoms with Crippen LogP contribution in [0.5, 0.6) is 0 Å². The second-order valence-corrected chi connectivity index (χ2v) is 5.26. The zero-order chi connectivity index (χ0) is 12.3. The Kier molecular flexibility index (Phi) is 4.00. The van der Waals surface area contributed by atoms with E-state index in [1.54, 1.807) is 0 Å². The zero-order valence-electron chi connectivity index (χ0n) is 11.1. The molecular formula is C14H23N3. The number of nitrogens with one attached hydrogen (secondary N) is 1. The van der Waals surface area contributed by atoms with Crippen molar-refractivity contribution >= 4 is 5.69 Å². The van der Waals surface area contributed by atoms with Crippen molar-refractivity contribution < 1.29 is 0 Å². The summed E-state index contributed by atoms with van der Waals surface area (Å²) in [6.45, 7) is 8.71. The molecule has 1 aliphatic rings. The Bertz CT molecular complexity index is 345. The van der Waals surface area contributed by atoms with Crippen LogP contribution in [0, 0.1) is 6.92 Å². The van der Waals surface area contributed by atoms with Crippen LogP contribution >= 0.6 is 0 Å². The van der Waals surface area contributed by atoms with Gasteiger partial charge in [-0.3, -0.25) is 4.98 Å². The summed E-state index contributed by atoms with van der Waals surface area (Å²) in [7, 11) is 0. The van der Waals surface area contributed by atoms with Gasteiger partial charge in [0.05, 0.1) is 11.9 Å². The number of hydrogen-bond donors (Lipinski definition) is 1. The monoisotopic (exact) mass is 233 g/mol. The lowest BCUT2D eigenvalue weighted by Gasteiger charge is -2.35. The molecule has 0 amide bonds. The SMILES string of the molecule is Cc1ccc(N2CCCC(NC(C)C)C2)cn1. The summed E-state index contributed by atoms with van der Waals surface area (Å²) < 4.78 is 0. The van der Waals surface area contributed by atoms with Crippen molar-refractivity contribution in [3.8, 4) is 0 Å². The molecule has 0 aromatic carbocycles. The standard InChI is InChI=1S/C14H23N3/c1-11(2)16-13-5-4-8-17(10-13)14-7-6-12(3)15-9-14/h6-7,9,11,13,16H,4-5,8,10H2,1-3H3. The van der Waals surface area contributed by atoms with Crippen molar-refractivity contribution in [2.45, 2.75) is 45.7 Å². The van der Waals surface area contributed by atoms with Crippen molar-refractivity contribution in [3.63, 3.8) is 0 Å². The van der Waals surface area contributed by atoms with Gasteiger partial charge in [0.1, 0.15) is 0 Å². The van der Waals surface area contributed by atoms with Crippen LogP contribution in [0.25, 0.3) is 0 Å². The number of rotatable bonds is 3. The van der Waals surface area contributed by atoms with Crippen LogP contribution in [0.1, 0.15) is 32.4 Å². The van der Waals surface area contributed by atoms with Crippen molar-refractivity contribution in [2.24, 2.45) is 0 Å². The molecular weight excluding hydrogens is 210 g/mol. The van der Waals surface area contributed by atoms with Crippen LogP contribution in [-0.2, 0) is 0 Å². The Morgan fingerprint density at radius 2 is 2.24 bits per heavy atom. The van der Waals surface area contributed by atoms with Gasteiger partial charge in [-0.1, -0.05) is 13.8 Å². The molecule has 2 heterocycles. The predicted octanol–water partition coefficient (Wildman–Crippen LogP) is 2.36. The lowest BCUT2D eigenvalue weighted by molar-refractivity contribution is 0.394. The molecule has 17 heavy (non-hydrogen) atoms. The Morgan fingerprint density at radius 3 is 2.88 bits per heavy atom. The molecule has 2 rings (SSSR count). The Hall–Kier alpha value is -1.09. The first-order chi connectivity index (χ1) is 8.15. The molecule has 1 unspecified atom stereocenters. The van der Waals surface area contributed by atoms with Crippen molar-refractivity contribution in [1.29, 1.82) is 0 Å². The molecule has 3 nitrogen and oxygen atoms in total. The highest BCUT2D eigenvalue weighted by molar-refractivity contribution is 5.45. The van der Waals surface area contributed by atoms with Gasteiger partial charge in [-0.15, -0.1) is 0 Å². The third-order valence-corrected chi connectivity index (χ3v) is 3.25. The maximum atomic E-state index is 4.38. The second kappa shape index (κ2) is 5.50. The van der Waals surface area contributed by atoms with Crippen LogP contribution < -0.4 is 10.2 Å². The molecule has 1 saturated heterocycles. The van der Waals surface area contributed by atoms with E-state index in [2.05, 4.69) is 41.2 Å². The molecule has 1 atom stereocenters. The van der Waals surface area contributed by atoms with E-state index in [4.69, 9.17) is 0 Å². The highest BCUT2D eigenvalue weighted by Gasteiger charge is 2.20. The fourth-order valence-electron chi connectivity index (χ4n) is 2.47. The molecule has 1 aromatic heterocycles. The predicted molar refractivity (Wildman–Crippen MR) is 72.5 cm³/mol. The Balaban J connectivity index is 1.99. The molecule has 0 spiro atoms. The number of hydrogen-bond acceptors (Lipinski definition) is 3. The average molecular weight is 233 g/mol. The third kappa shape index (κ3) is 3.43. The molecule has 0 bridgehead atoms. The summed E-state index contributed by atoms with van der Waals surface area (Å²) in [6, 6.07) is 5.45. The number of aromatic nitrogens is 1. The topological polar surface area (TPSA) is 28.2 Å². The first kappa shape index (κ1) is 12.4. The highest BCUT2D eigenvalue weighted by atomic mass is 15.2. The molecule has 3 heteroatoms. The number of nitrogens with zero attached hydrogens (tertiary/aromatic N) is 2. The van der Waals surface area contributed by atoms with Gasteiger partial charge in [0.15, 0.2) is 0 Å². The minimum Gasteiger partial charge on any atom is -0.369 e. The van der Waals surface area contributed by atoms with E-state index in [0.717, 1.165) is 18.8 Å². The summed E-state index contributed by atoms with van der Waals surface area (Å²) in [5, 5.41) is 3.63. The number of piperidine rings is 1. The van der Waals surface area contributed by atoms with Crippen LogP contribution in [0.2, 0.25) is 0 Å². The fourth-order valence-corrected chi connectivity index (χ4v) is 2.47. The first-order valence-corrected chi connectivity index (χ1v) is 6.59. The van der Waals surface area contributed by atoms with Gasteiger partial charge in [-0.05, 0) is 31.9 Å². The van der Waals surface area contributed by atoms with Crippen molar-refractivity contribution in [1.82, 2.24) is 10.3 Å². The molecule has 1 aliphatic heterocycles. The molecule has 0 saturated carbocycles. The lowest BCUT2D eigenvalue weighted by Crippen LogP contribution is -2.47. The molecule has 1 aromatic rings. The quantitative estimate of drug-likeness (QED) is 0.868. The average Bonchev–Trinajstić information content (AvgIpc) is 2.29. The van der Waals surface area contributed by atoms with E-state index in [1.165, 1.54) is 18.5 Å². The van der Waals surface area contributed by atoms with Crippen LogP contribution in [-0.4, -0.2) is 30.2 Å². The van der Waals surface area contributed by atoms with Gasteiger partial charge in [-0.2, -0.15) is 0 Å². The third-order valence-electron chi connectivity index (χ3n) is 3.25. The summed E-state index contributed by atoms with van der Waals surface area (Å²) >= 11 is 0. The van der Waals surface area contributed by atoms with Crippen LogP contribution in [0.4, 0.5) is 5.69 Å². The van der Waals surface area contributed by atoms with Gasteiger partial charge in [0, 0.05) is 30.9 Å². The number of aryl methyl sites for hydroxylation is 1. The summed E-state index contributed by atoms with van der Waals surface area (Å²) in [5.41, 5.74) is 2.34. The Labute approximate surface area is 104 Å². The smallest absolute Gasteiger partial charge is 0.0553 e. The second-order valence-electron chi connectivity index (χ2n) is 5.26. The minimum atomic E-state index is 0.566. The van der Waals surface area contributed by atoms with Gasteiger partial charge in [0.25, 0.3) is 0 Å². The van der Waals surface area contributed by atoms with E-state index in [0.29, 0.717) is 12.1 Å². The van der Waals surface area contributed by atoms with E-state index in [1.807, 2.05) is 13.1 Å². The molecule has 0 radical (unpaired) electrons. The maximum Gasteiger partial charge on any atom is 0.0553 e. The summed E-state index contributed by atoms with van der Waals surface area (Å²) in [6.07, 6.45) is 4.54.